The molecule has 0 atom stereocenters. The summed E-state index contributed by atoms with van der Waals surface area (Å²) < 4.78 is 25.4. The number of sulfonamides is 1. The van der Waals surface area contributed by atoms with Crippen molar-refractivity contribution in [2.24, 2.45) is 0 Å². The summed E-state index contributed by atoms with van der Waals surface area (Å²) in [5, 5.41) is 0. The zero-order chi connectivity index (χ0) is 20.4. The molecule has 0 N–H and O–H groups in total. The second kappa shape index (κ2) is 8.08. The van der Waals surface area contributed by atoms with Gasteiger partial charge >= 0.3 is 0 Å². The molecule has 0 aliphatic carbocycles. The van der Waals surface area contributed by atoms with Crippen molar-refractivity contribution in [3.05, 3.63) is 47.8 Å². The van der Waals surface area contributed by atoms with Crippen molar-refractivity contribution in [3.63, 3.8) is 0 Å². The Hall–Kier alpha value is -2.52. The molecule has 0 unspecified atom stereocenters. The highest BCUT2D eigenvalue weighted by Crippen LogP contribution is 2.30. The molecule has 0 bridgehead atoms. The molecule has 0 saturated carbocycles. The first-order chi connectivity index (χ1) is 13.9. The fourth-order valence-corrected chi connectivity index (χ4v) is 4.93. The Labute approximate surface area is 171 Å². The van der Waals surface area contributed by atoms with E-state index in [9.17, 15) is 13.2 Å². The number of piperazine rings is 1. The first kappa shape index (κ1) is 19.8. The Bertz CT molecular complexity index is 988. The van der Waals surface area contributed by atoms with E-state index in [2.05, 4.69) is 19.8 Å². The summed E-state index contributed by atoms with van der Waals surface area (Å²) in [6.07, 6.45) is 6.25. The zero-order valence-corrected chi connectivity index (χ0v) is 17.3. The summed E-state index contributed by atoms with van der Waals surface area (Å²) in [5.74, 6) is 0.789. The maximum atomic E-state index is 12.8. The summed E-state index contributed by atoms with van der Waals surface area (Å²) >= 11 is 0. The molecular formula is C20H25N5O3S. The number of fused-ring (bicyclic) bond motifs is 1. The quantitative estimate of drug-likeness (QED) is 0.678. The number of ketones is 1. The normalized spacial score (nSPS) is 17.8. The van der Waals surface area contributed by atoms with Crippen LogP contribution in [0.15, 0.2) is 36.7 Å². The van der Waals surface area contributed by atoms with Gasteiger partial charge in [0.15, 0.2) is 5.78 Å². The van der Waals surface area contributed by atoms with Gasteiger partial charge < -0.3 is 4.90 Å². The van der Waals surface area contributed by atoms with E-state index in [0.29, 0.717) is 24.3 Å². The van der Waals surface area contributed by atoms with Gasteiger partial charge in [0.2, 0.25) is 16.0 Å². The molecule has 1 fully saturated rings. The largest absolute Gasteiger partial charge is 0.338 e. The van der Waals surface area contributed by atoms with Crippen molar-refractivity contribution in [2.75, 3.05) is 54.7 Å². The lowest BCUT2D eigenvalue weighted by Gasteiger charge is -2.34. The molecule has 0 amide bonds. The molecule has 2 aromatic rings. The Morgan fingerprint density at radius 2 is 1.79 bits per heavy atom. The van der Waals surface area contributed by atoms with E-state index in [-0.39, 0.29) is 5.78 Å². The van der Waals surface area contributed by atoms with Gasteiger partial charge in [-0.2, -0.15) is 0 Å². The van der Waals surface area contributed by atoms with Crippen LogP contribution in [0.1, 0.15) is 22.3 Å². The van der Waals surface area contributed by atoms with E-state index in [4.69, 9.17) is 0 Å². The standard InChI is InChI=1S/C20H25N5O3S/c1-29(27,28)25-9-2-4-16-14-17(5-6-18(16)25)19(26)15-23-10-12-24(13-11-23)20-21-7-3-8-22-20/h3,5-8,14H,2,4,9-13,15H2,1H3. The molecule has 0 spiro atoms. The molecule has 1 aromatic carbocycles. The maximum absolute atomic E-state index is 12.8. The Balaban J connectivity index is 1.40. The number of aromatic nitrogens is 2. The van der Waals surface area contributed by atoms with Gasteiger partial charge in [-0.25, -0.2) is 18.4 Å². The molecule has 4 rings (SSSR count). The molecule has 1 aromatic heterocycles. The number of anilines is 2. The zero-order valence-electron chi connectivity index (χ0n) is 16.5. The first-order valence-corrected chi connectivity index (χ1v) is 11.6. The second-order valence-electron chi connectivity index (χ2n) is 7.52. The highest BCUT2D eigenvalue weighted by Gasteiger charge is 2.26. The van der Waals surface area contributed by atoms with Crippen LogP contribution in [0.5, 0.6) is 0 Å². The van der Waals surface area contributed by atoms with E-state index in [1.165, 1.54) is 10.6 Å². The molecule has 3 heterocycles. The summed E-state index contributed by atoms with van der Waals surface area (Å²) in [5.41, 5.74) is 2.28. The molecule has 0 radical (unpaired) electrons. The number of nitrogens with zero attached hydrogens (tertiary/aromatic N) is 5. The van der Waals surface area contributed by atoms with Gasteiger partial charge in [0, 0.05) is 50.7 Å². The van der Waals surface area contributed by atoms with Crippen molar-refractivity contribution < 1.29 is 13.2 Å². The van der Waals surface area contributed by atoms with E-state index in [0.717, 1.165) is 50.5 Å². The van der Waals surface area contributed by atoms with E-state index >= 15 is 0 Å². The van der Waals surface area contributed by atoms with Crippen LogP contribution in [0.4, 0.5) is 11.6 Å². The van der Waals surface area contributed by atoms with Crippen molar-refractivity contribution in [2.45, 2.75) is 12.8 Å². The predicted octanol–water partition coefficient (Wildman–Crippen LogP) is 1.19. The number of aryl methyl sites for hydroxylation is 1. The fraction of sp³-hybridized carbons (Fsp3) is 0.450. The summed E-state index contributed by atoms with van der Waals surface area (Å²) in [4.78, 5) is 25.6. The summed E-state index contributed by atoms with van der Waals surface area (Å²) in [6, 6.07) is 7.18. The number of benzene rings is 1. The van der Waals surface area contributed by atoms with Crippen LogP contribution in [-0.2, 0) is 16.4 Å². The molecule has 1 saturated heterocycles. The SMILES string of the molecule is CS(=O)(=O)N1CCCc2cc(C(=O)CN3CCN(c4ncccn4)CC3)ccc21. The van der Waals surface area contributed by atoms with Crippen LogP contribution in [-0.4, -0.2) is 74.6 Å². The van der Waals surface area contributed by atoms with Crippen molar-refractivity contribution in [3.8, 4) is 0 Å². The third-order valence-electron chi connectivity index (χ3n) is 5.45. The molecular weight excluding hydrogens is 390 g/mol. The van der Waals surface area contributed by atoms with Crippen molar-refractivity contribution in [1.29, 1.82) is 0 Å². The summed E-state index contributed by atoms with van der Waals surface area (Å²) in [7, 11) is -3.30. The average molecular weight is 416 g/mol. The average Bonchev–Trinajstić information content (AvgIpc) is 2.73. The molecule has 9 heteroatoms. The lowest BCUT2D eigenvalue weighted by Crippen LogP contribution is -2.48. The van der Waals surface area contributed by atoms with Crippen LogP contribution in [0.2, 0.25) is 0 Å². The predicted molar refractivity (Wildman–Crippen MR) is 112 cm³/mol. The molecule has 154 valence electrons. The fourth-order valence-electron chi connectivity index (χ4n) is 3.94. The highest BCUT2D eigenvalue weighted by molar-refractivity contribution is 7.92. The molecule has 2 aliphatic rings. The van der Waals surface area contributed by atoms with E-state index in [1.54, 1.807) is 30.6 Å². The minimum Gasteiger partial charge on any atom is -0.338 e. The first-order valence-electron chi connectivity index (χ1n) is 9.80. The third-order valence-corrected chi connectivity index (χ3v) is 6.63. The molecule has 2 aliphatic heterocycles. The van der Waals surface area contributed by atoms with E-state index < -0.39 is 10.0 Å². The second-order valence-corrected chi connectivity index (χ2v) is 9.42. The summed E-state index contributed by atoms with van der Waals surface area (Å²) in [6.45, 7) is 3.97. The third kappa shape index (κ3) is 4.40. The Morgan fingerprint density at radius 1 is 1.07 bits per heavy atom. The Kier molecular flexibility index (Phi) is 5.51. The van der Waals surface area contributed by atoms with Gasteiger partial charge in [-0.15, -0.1) is 0 Å². The number of hydrogen-bond acceptors (Lipinski definition) is 7. The lowest BCUT2D eigenvalue weighted by atomic mass is 9.99. The number of Topliss-reactive ketones (excluding diaryl/α,β-unsaturated/α-hetero) is 1. The number of rotatable bonds is 5. The minimum absolute atomic E-state index is 0.0636. The molecule has 29 heavy (non-hydrogen) atoms. The van der Waals surface area contributed by atoms with Crippen LogP contribution in [0, 0.1) is 0 Å². The smallest absolute Gasteiger partial charge is 0.232 e. The van der Waals surface area contributed by atoms with Crippen LogP contribution in [0.25, 0.3) is 0 Å². The van der Waals surface area contributed by atoms with Crippen LogP contribution >= 0.6 is 0 Å². The number of hydrogen-bond donors (Lipinski definition) is 0. The van der Waals surface area contributed by atoms with Crippen LogP contribution < -0.4 is 9.21 Å². The number of carbonyl (C=O) groups excluding carboxylic acids is 1. The molecule has 8 nitrogen and oxygen atoms in total. The van der Waals surface area contributed by atoms with E-state index in [1.807, 2.05) is 6.07 Å². The van der Waals surface area contributed by atoms with Crippen molar-refractivity contribution >= 4 is 27.4 Å². The topological polar surface area (TPSA) is 86.7 Å². The Morgan fingerprint density at radius 3 is 2.48 bits per heavy atom. The van der Waals surface area contributed by atoms with Gasteiger partial charge in [0.05, 0.1) is 18.5 Å². The van der Waals surface area contributed by atoms with Gasteiger partial charge in [0.1, 0.15) is 0 Å². The van der Waals surface area contributed by atoms with Gasteiger partial charge in [-0.3, -0.25) is 14.0 Å². The number of carbonyl (C=O) groups is 1. The minimum atomic E-state index is -3.30. The highest BCUT2D eigenvalue weighted by atomic mass is 32.2. The van der Waals surface area contributed by atoms with Crippen LogP contribution in [0.3, 0.4) is 0 Å². The van der Waals surface area contributed by atoms with Crippen molar-refractivity contribution in [1.82, 2.24) is 14.9 Å². The monoisotopic (exact) mass is 415 g/mol. The maximum Gasteiger partial charge on any atom is 0.232 e. The van der Waals surface area contributed by atoms with Gasteiger partial charge in [0.25, 0.3) is 0 Å². The lowest BCUT2D eigenvalue weighted by molar-refractivity contribution is 0.0926. The van der Waals surface area contributed by atoms with Gasteiger partial charge in [-0.1, -0.05) is 0 Å². The van der Waals surface area contributed by atoms with Gasteiger partial charge in [-0.05, 0) is 42.7 Å².